The van der Waals surface area contributed by atoms with Gasteiger partial charge in [0, 0.05) is 17.5 Å². The molecule has 2 rings (SSSR count). The van der Waals surface area contributed by atoms with Crippen molar-refractivity contribution >= 4 is 28.9 Å². The Morgan fingerprint density at radius 3 is 2.78 bits per heavy atom. The van der Waals surface area contributed by atoms with Crippen molar-refractivity contribution < 1.29 is 23.5 Å². The molecule has 0 unspecified atom stereocenters. The lowest BCUT2D eigenvalue weighted by Crippen LogP contribution is -2.41. The van der Waals surface area contributed by atoms with Crippen LogP contribution in [0.15, 0.2) is 28.9 Å². The molecule has 0 saturated carbocycles. The third kappa shape index (κ3) is 4.57. The van der Waals surface area contributed by atoms with Gasteiger partial charge in [-0.2, -0.15) is 0 Å². The summed E-state index contributed by atoms with van der Waals surface area (Å²) in [5.41, 5.74) is 2.44. The van der Waals surface area contributed by atoms with E-state index in [0.29, 0.717) is 17.7 Å². The van der Waals surface area contributed by atoms with Gasteiger partial charge in [0.15, 0.2) is 6.61 Å². The maximum atomic E-state index is 11.8. The van der Waals surface area contributed by atoms with Gasteiger partial charge >= 0.3 is 12.0 Å². The Labute approximate surface area is 133 Å². The highest BCUT2D eigenvalue weighted by atomic mass is 16.5. The molecule has 0 aliphatic rings. The van der Waals surface area contributed by atoms with Crippen LogP contribution >= 0.6 is 0 Å². The summed E-state index contributed by atoms with van der Waals surface area (Å²) < 4.78 is 10.3. The third-order valence-corrected chi connectivity index (χ3v) is 3.10. The lowest BCUT2D eigenvalue weighted by molar-refractivity contribution is -0.147. The normalized spacial score (nSPS) is 10.3. The van der Waals surface area contributed by atoms with Crippen molar-refractivity contribution in [2.24, 2.45) is 0 Å². The van der Waals surface area contributed by atoms with Gasteiger partial charge in [0.2, 0.25) is 0 Å². The van der Waals surface area contributed by atoms with Crippen molar-refractivity contribution in [2.45, 2.75) is 20.3 Å². The molecule has 122 valence electrons. The van der Waals surface area contributed by atoms with Crippen LogP contribution in [0, 0.1) is 6.92 Å². The number of carbonyl (C=O) groups excluding carboxylic acids is 3. The molecule has 0 saturated heterocycles. The number of carbonyl (C=O) groups is 3. The van der Waals surface area contributed by atoms with Crippen molar-refractivity contribution in [3.63, 3.8) is 0 Å². The molecule has 1 aromatic carbocycles. The van der Waals surface area contributed by atoms with Crippen LogP contribution in [0.25, 0.3) is 11.0 Å². The predicted octanol–water partition coefficient (Wildman–Crippen LogP) is 1.67. The summed E-state index contributed by atoms with van der Waals surface area (Å²) in [5.74, 6) is -1.25. The fourth-order valence-electron chi connectivity index (χ4n) is 2.05. The number of urea groups is 1. The fourth-order valence-corrected chi connectivity index (χ4v) is 2.05. The lowest BCUT2D eigenvalue weighted by Gasteiger charge is -2.05. The maximum absolute atomic E-state index is 11.8. The van der Waals surface area contributed by atoms with Crippen LogP contribution in [0.2, 0.25) is 0 Å². The molecule has 0 aliphatic carbocycles. The van der Waals surface area contributed by atoms with Crippen molar-refractivity contribution in [1.29, 1.82) is 0 Å². The number of imide groups is 1. The number of aryl methyl sites for hydroxylation is 1. The minimum atomic E-state index is -0.683. The zero-order valence-corrected chi connectivity index (χ0v) is 13.0. The van der Waals surface area contributed by atoms with Crippen LogP contribution in [0.3, 0.4) is 0 Å². The number of amides is 3. The number of benzene rings is 1. The first-order valence-electron chi connectivity index (χ1n) is 7.19. The van der Waals surface area contributed by atoms with E-state index < -0.39 is 24.5 Å². The van der Waals surface area contributed by atoms with Crippen LogP contribution in [-0.4, -0.2) is 31.1 Å². The first kappa shape index (κ1) is 16.5. The first-order valence-corrected chi connectivity index (χ1v) is 7.19. The number of hydrogen-bond acceptors (Lipinski definition) is 5. The van der Waals surface area contributed by atoms with Crippen LogP contribution in [-0.2, 0) is 20.7 Å². The molecule has 0 radical (unpaired) electrons. The number of ether oxygens (including phenoxy) is 1. The summed E-state index contributed by atoms with van der Waals surface area (Å²) in [6, 6.07) is 5.05. The third-order valence-electron chi connectivity index (χ3n) is 3.10. The Balaban J connectivity index is 1.87. The van der Waals surface area contributed by atoms with Gasteiger partial charge in [-0.15, -0.1) is 0 Å². The van der Waals surface area contributed by atoms with Gasteiger partial charge in [0.05, 0.1) is 12.7 Å². The van der Waals surface area contributed by atoms with E-state index in [0.717, 1.165) is 10.9 Å². The fraction of sp³-hybridized carbons (Fsp3) is 0.312. The number of hydrogen-bond donors (Lipinski definition) is 2. The molecular formula is C16H18N2O5. The molecule has 23 heavy (non-hydrogen) atoms. The molecule has 1 aromatic heterocycles. The van der Waals surface area contributed by atoms with E-state index in [9.17, 15) is 14.4 Å². The minimum absolute atomic E-state index is 0.00943. The number of fused-ring (bicyclic) bond motifs is 1. The van der Waals surface area contributed by atoms with E-state index in [1.54, 1.807) is 6.92 Å². The topological polar surface area (TPSA) is 97.6 Å². The summed E-state index contributed by atoms with van der Waals surface area (Å²) >= 11 is 0. The highest BCUT2D eigenvalue weighted by Crippen LogP contribution is 2.22. The van der Waals surface area contributed by atoms with E-state index in [1.807, 2.05) is 30.4 Å². The van der Waals surface area contributed by atoms with Gasteiger partial charge in [0.25, 0.3) is 5.91 Å². The predicted molar refractivity (Wildman–Crippen MR) is 82.8 cm³/mol. The zero-order valence-electron chi connectivity index (χ0n) is 13.0. The molecule has 2 aromatic rings. The minimum Gasteiger partial charge on any atom is -0.464 e. The molecule has 1 heterocycles. The second-order valence-corrected chi connectivity index (χ2v) is 5.01. The van der Waals surface area contributed by atoms with E-state index in [1.165, 1.54) is 6.26 Å². The summed E-state index contributed by atoms with van der Waals surface area (Å²) in [4.78, 5) is 34.3. The molecule has 0 aliphatic heterocycles. The highest BCUT2D eigenvalue weighted by Gasteiger charge is 2.14. The standard InChI is InChI=1S/C16H18N2O5/c1-3-17-16(21)18-14(19)9-23-15(20)7-11-8-22-13-6-10(2)4-5-12(11)13/h4-6,8H,3,7,9H2,1-2H3,(H2,17,18,19,21). The highest BCUT2D eigenvalue weighted by molar-refractivity contribution is 5.95. The van der Waals surface area contributed by atoms with Crippen LogP contribution in [0.1, 0.15) is 18.1 Å². The van der Waals surface area contributed by atoms with E-state index in [4.69, 9.17) is 9.15 Å². The second kappa shape index (κ2) is 7.44. The smallest absolute Gasteiger partial charge is 0.321 e. The Morgan fingerprint density at radius 2 is 2.04 bits per heavy atom. The summed E-state index contributed by atoms with van der Waals surface area (Å²) in [5, 5.41) is 5.28. The number of furan rings is 1. The quantitative estimate of drug-likeness (QED) is 0.817. The average Bonchev–Trinajstić information content (AvgIpc) is 2.87. The van der Waals surface area contributed by atoms with Gasteiger partial charge in [-0.25, -0.2) is 4.79 Å². The van der Waals surface area contributed by atoms with Gasteiger partial charge < -0.3 is 14.5 Å². The van der Waals surface area contributed by atoms with Crippen molar-refractivity contribution in [3.8, 4) is 0 Å². The molecule has 0 fully saturated rings. The lowest BCUT2D eigenvalue weighted by atomic mass is 10.1. The number of esters is 1. The molecule has 0 atom stereocenters. The van der Waals surface area contributed by atoms with Crippen molar-refractivity contribution in [3.05, 3.63) is 35.6 Å². The maximum Gasteiger partial charge on any atom is 0.321 e. The van der Waals surface area contributed by atoms with Crippen LogP contribution < -0.4 is 10.6 Å². The molecule has 7 nitrogen and oxygen atoms in total. The Hall–Kier alpha value is -2.83. The summed E-state index contributed by atoms with van der Waals surface area (Å²) in [6.45, 7) is 3.56. The molecule has 0 spiro atoms. The van der Waals surface area contributed by atoms with Gasteiger partial charge in [-0.1, -0.05) is 12.1 Å². The van der Waals surface area contributed by atoms with Crippen LogP contribution in [0.5, 0.6) is 0 Å². The SMILES string of the molecule is CCNC(=O)NC(=O)COC(=O)Cc1coc2cc(C)ccc12. The Kier molecular flexibility index (Phi) is 5.35. The summed E-state index contributed by atoms with van der Waals surface area (Å²) in [6.07, 6.45) is 1.49. The average molecular weight is 318 g/mol. The number of rotatable bonds is 5. The van der Waals surface area contributed by atoms with Gasteiger partial charge in [-0.05, 0) is 25.5 Å². The first-order chi connectivity index (χ1) is 11.0. The molecule has 0 bridgehead atoms. The molecule has 3 amide bonds. The zero-order chi connectivity index (χ0) is 16.8. The van der Waals surface area contributed by atoms with E-state index in [2.05, 4.69) is 5.32 Å². The molecule has 2 N–H and O–H groups in total. The van der Waals surface area contributed by atoms with E-state index in [-0.39, 0.29) is 6.42 Å². The van der Waals surface area contributed by atoms with Gasteiger partial charge in [0.1, 0.15) is 5.58 Å². The Bertz CT molecular complexity index is 735. The van der Waals surface area contributed by atoms with E-state index >= 15 is 0 Å². The van der Waals surface area contributed by atoms with Gasteiger partial charge in [-0.3, -0.25) is 14.9 Å². The second-order valence-electron chi connectivity index (χ2n) is 5.01. The number of nitrogens with one attached hydrogen (secondary N) is 2. The largest absolute Gasteiger partial charge is 0.464 e. The Morgan fingerprint density at radius 1 is 1.26 bits per heavy atom. The van der Waals surface area contributed by atoms with Crippen LogP contribution in [0.4, 0.5) is 4.79 Å². The monoisotopic (exact) mass is 318 g/mol. The van der Waals surface area contributed by atoms with Crippen molar-refractivity contribution in [2.75, 3.05) is 13.2 Å². The molecular weight excluding hydrogens is 300 g/mol. The summed E-state index contributed by atoms with van der Waals surface area (Å²) in [7, 11) is 0. The van der Waals surface area contributed by atoms with Crippen molar-refractivity contribution in [1.82, 2.24) is 10.6 Å². The molecule has 7 heteroatoms.